The maximum absolute atomic E-state index is 11.9. The minimum absolute atomic E-state index is 0.219. The number of carbonyl (C=O) groups is 2. The van der Waals surface area contributed by atoms with Gasteiger partial charge in [0.25, 0.3) is 0 Å². The number of urea groups is 1. The fourth-order valence-corrected chi connectivity index (χ4v) is 1.58. The summed E-state index contributed by atoms with van der Waals surface area (Å²) in [5.41, 5.74) is -0.0246. The van der Waals surface area contributed by atoms with Crippen LogP contribution in [0.3, 0.4) is 0 Å². The summed E-state index contributed by atoms with van der Waals surface area (Å²) in [4.78, 5) is 24.2. The van der Waals surface area contributed by atoms with Crippen molar-refractivity contribution in [1.82, 2.24) is 4.90 Å². The Morgan fingerprint density at radius 2 is 2.15 bits per heavy atom. The third-order valence-electron chi connectivity index (χ3n) is 2.64. The highest BCUT2D eigenvalue weighted by molar-refractivity contribution is 5.95. The van der Waals surface area contributed by atoms with E-state index in [1.165, 1.54) is 23.1 Å². The monoisotopic (exact) mass is 277 g/mol. The second-order valence-corrected chi connectivity index (χ2v) is 3.96. The molecule has 3 N–H and O–H groups in total. The van der Waals surface area contributed by atoms with Gasteiger partial charge in [-0.05, 0) is 25.1 Å². The number of amides is 2. The molecular formula is C13H15N3O4. The third-order valence-corrected chi connectivity index (χ3v) is 2.64. The zero-order valence-corrected chi connectivity index (χ0v) is 11.0. The molecule has 1 rings (SSSR count). The number of hydrogen-bond acceptors (Lipinski definition) is 4. The lowest BCUT2D eigenvalue weighted by Gasteiger charge is -2.20. The first-order valence-electron chi connectivity index (χ1n) is 5.98. The van der Waals surface area contributed by atoms with Gasteiger partial charge in [-0.1, -0.05) is 0 Å². The normalized spacial score (nSPS) is 9.60. The van der Waals surface area contributed by atoms with Crippen LogP contribution >= 0.6 is 0 Å². The van der Waals surface area contributed by atoms with Crippen LogP contribution in [-0.2, 0) is 0 Å². The molecule has 0 aliphatic heterocycles. The number of carboxylic acids is 1. The summed E-state index contributed by atoms with van der Waals surface area (Å²) in [5.74, 6) is -1.65. The molecule has 0 spiro atoms. The van der Waals surface area contributed by atoms with Gasteiger partial charge in [-0.25, -0.2) is 9.59 Å². The zero-order valence-electron chi connectivity index (χ0n) is 11.0. The van der Waals surface area contributed by atoms with Crippen molar-refractivity contribution in [2.45, 2.75) is 13.3 Å². The molecule has 0 atom stereocenters. The first kappa shape index (κ1) is 15.3. The summed E-state index contributed by atoms with van der Waals surface area (Å²) in [7, 11) is 0. The summed E-state index contributed by atoms with van der Waals surface area (Å²) in [6.07, 6.45) is 0.219. The Kier molecular flexibility index (Phi) is 5.35. The van der Waals surface area contributed by atoms with Crippen molar-refractivity contribution in [2.75, 3.05) is 18.4 Å². The fraction of sp³-hybridized carbons (Fsp3) is 0.308. The van der Waals surface area contributed by atoms with E-state index in [2.05, 4.69) is 5.32 Å². The number of hydrogen-bond donors (Lipinski definition) is 3. The number of rotatable bonds is 5. The lowest BCUT2D eigenvalue weighted by Crippen LogP contribution is -2.35. The number of aromatic carboxylic acids is 1. The predicted molar refractivity (Wildman–Crippen MR) is 71.6 cm³/mol. The summed E-state index contributed by atoms with van der Waals surface area (Å²) in [6.45, 7) is 2.50. The van der Waals surface area contributed by atoms with Crippen LogP contribution in [-0.4, -0.2) is 40.2 Å². The van der Waals surface area contributed by atoms with Crippen LogP contribution in [0, 0.1) is 11.3 Å². The maximum Gasteiger partial charge on any atom is 0.339 e. The Bertz CT molecular complexity index is 551. The largest absolute Gasteiger partial charge is 0.507 e. The predicted octanol–water partition coefficient (Wildman–Crippen LogP) is 1.86. The van der Waals surface area contributed by atoms with Crippen LogP contribution in [0.1, 0.15) is 23.7 Å². The molecule has 2 amide bonds. The lowest BCUT2D eigenvalue weighted by molar-refractivity contribution is 0.0693. The molecule has 0 saturated carbocycles. The fourth-order valence-electron chi connectivity index (χ4n) is 1.58. The van der Waals surface area contributed by atoms with Gasteiger partial charge in [0.05, 0.1) is 12.5 Å². The van der Waals surface area contributed by atoms with Crippen molar-refractivity contribution in [3.05, 3.63) is 23.8 Å². The molecule has 0 radical (unpaired) electrons. The Morgan fingerprint density at radius 1 is 1.45 bits per heavy atom. The van der Waals surface area contributed by atoms with Crippen molar-refractivity contribution in [3.63, 3.8) is 0 Å². The number of carboxylic acid groups (broad SMARTS) is 1. The highest BCUT2D eigenvalue weighted by atomic mass is 16.4. The Morgan fingerprint density at radius 3 is 2.70 bits per heavy atom. The van der Waals surface area contributed by atoms with Crippen LogP contribution in [0.5, 0.6) is 5.75 Å². The smallest absolute Gasteiger partial charge is 0.339 e. The van der Waals surface area contributed by atoms with E-state index in [9.17, 15) is 14.7 Å². The molecule has 0 fully saturated rings. The van der Waals surface area contributed by atoms with E-state index < -0.39 is 12.0 Å². The summed E-state index contributed by atoms with van der Waals surface area (Å²) in [6, 6.07) is 5.30. The third kappa shape index (κ3) is 3.88. The van der Waals surface area contributed by atoms with E-state index >= 15 is 0 Å². The van der Waals surface area contributed by atoms with Crippen molar-refractivity contribution >= 4 is 17.7 Å². The van der Waals surface area contributed by atoms with E-state index in [4.69, 9.17) is 10.4 Å². The van der Waals surface area contributed by atoms with Crippen LogP contribution in [0.4, 0.5) is 10.5 Å². The average molecular weight is 277 g/mol. The number of aromatic hydroxyl groups is 1. The van der Waals surface area contributed by atoms with Gasteiger partial charge < -0.3 is 20.4 Å². The summed E-state index contributed by atoms with van der Waals surface area (Å²) in [5, 5.41) is 29.3. The van der Waals surface area contributed by atoms with Crippen LogP contribution in [0.25, 0.3) is 0 Å². The minimum Gasteiger partial charge on any atom is -0.507 e. The molecule has 7 nitrogen and oxygen atoms in total. The van der Waals surface area contributed by atoms with Gasteiger partial charge in [-0.3, -0.25) is 0 Å². The van der Waals surface area contributed by atoms with Crippen molar-refractivity contribution < 1.29 is 19.8 Å². The number of nitrogens with one attached hydrogen (secondary N) is 1. The molecule has 1 aromatic carbocycles. The van der Waals surface area contributed by atoms with Crippen LogP contribution in [0.2, 0.25) is 0 Å². The number of nitrogens with zero attached hydrogens (tertiary/aromatic N) is 2. The van der Waals surface area contributed by atoms with Crippen molar-refractivity contribution in [1.29, 1.82) is 5.26 Å². The van der Waals surface area contributed by atoms with Gasteiger partial charge in [-0.2, -0.15) is 5.26 Å². The molecule has 0 aromatic heterocycles. The number of phenols is 1. The highest BCUT2D eigenvalue weighted by Crippen LogP contribution is 2.21. The SMILES string of the molecule is CCN(CCC#N)C(=O)Nc1ccc(O)c(C(=O)O)c1. The molecule has 7 heteroatoms. The van der Waals surface area contributed by atoms with Gasteiger partial charge in [0.1, 0.15) is 11.3 Å². The molecule has 0 bridgehead atoms. The molecule has 106 valence electrons. The quantitative estimate of drug-likeness (QED) is 0.711. The van der Waals surface area contributed by atoms with E-state index in [1.54, 1.807) is 6.92 Å². The molecule has 0 heterocycles. The molecule has 20 heavy (non-hydrogen) atoms. The average Bonchev–Trinajstić information content (AvgIpc) is 2.41. The molecular weight excluding hydrogens is 262 g/mol. The summed E-state index contributed by atoms with van der Waals surface area (Å²) < 4.78 is 0. The maximum atomic E-state index is 11.9. The van der Waals surface area contributed by atoms with E-state index in [0.29, 0.717) is 13.1 Å². The summed E-state index contributed by atoms with van der Waals surface area (Å²) >= 11 is 0. The number of benzene rings is 1. The molecule has 0 unspecified atom stereocenters. The first-order valence-corrected chi connectivity index (χ1v) is 5.98. The first-order chi connectivity index (χ1) is 9.49. The lowest BCUT2D eigenvalue weighted by atomic mass is 10.2. The number of carbonyl (C=O) groups excluding carboxylic acids is 1. The highest BCUT2D eigenvalue weighted by Gasteiger charge is 2.14. The van der Waals surface area contributed by atoms with Crippen molar-refractivity contribution in [2.24, 2.45) is 0 Å². The minimum atomic E-state index is -1.28. The van der Waals surface area contributed by atoms with E-state index in [1.807, 2.05) is 6.07 Å². The van der Waals surface area contributed by atoms with Crippen LogP contribution in [0.15, 0.2) is 18.2 Å². The van der Waals surface area contributed by atoms with Crippen molar-refractivity contribution in [3.8, 4) is 11.8 Å². The number of nitriles is 1. The Labute approximate surface area is 116 Å². The second-order valence-electron chi connectivity index (χ2n) is 3.96. The Hall–Kier alpha value is -2.75. The van der Waals surface area contributed by atoms with Gasteiger partial charge in [0.15, 0.2) is 0 Å². The zero-order chi connectivity index (χ0) is 15.1. The molecule has 0 aliphatic rings. The van der Waals surface area contributed by atoms with Gasteiger partial charge in [0, 0.05) is 18.8 Å². The molecule has 0 saturated heterocycles. The Balaban J connectivity index is 2.82. The van der Waals surface area contributed by atoms with Gasteiger partial charge >= 0.3 is 12.0 Å². The standard InChI is InChI=1S/C13H15N3O4/c1-2-16(7-3-6-14)13(20)15-9-4-5-11(17)10(8-9)12(18)19/h4-5,8,17H,2-3,7H2,1H3,(H,15,20)(H,18,19). The second kappa shape index (κ2) is 6.99. The van der Waals surface area contributed by atoms with E-state index in [-0.39, 0.29) is 23.4 Å². The van der Waals surface area contributed by atoms with Crippen LogP contribution < -0.4 is 5.32 Å². The number of anilines is 1. The molecule has 1 aromatic rings. The molecule has 0 aliphatic carbocycles. The van der Waals surface area contributed by atoms with Gasteiger partial charge in [0.2, 0.25) is 0 Å². The van der Waals surface area contributed by atoms with E-state index in [0.717, 1.165) is 0 Å². The topological polar surface area (TPSA) is 114 Å². The van der Waals surface area contributed by atoms with Gasteiger partial charge in [-0.15, -0.1) is 0 Å².